The smallest absolute Gasteiger partial charge is 0.331 e. The van der Waals surface area contributed by atoms with E-state index in [1.165, 1.54) is 19.3 Å². The number of nitrogens with zero attached hydrogens (tertiary/aromatic N) is 1. The first kappa shape index (κ1) is 18.5. The highest BCUT2D eigenvalue weighted by atomic mass is 35.5. The van der Waals surface area contributed by atoms with Gasteiger partial charge in [-0.2, -0.15) is 0 Å². The Morgan fingerprint density at radius 1 is 1.26 bits per heavy atom. The normalized spacial score (nSPS) is 10.9. The van der Waals surface area contributed by atoms with Crippen LogP contribution in [0.5, 0.6) is 5.75 Å². The Balaban J connectivity index is 1.50. The summed E-state index contributed by atoms with van der Waals surface area (Å²) in [6.07, 6.45) is 2.52. The van der Waals surface area contributed by atoms with Crippen LogP contribution in [0.15, 0.2) is 53.0 Å². The van der Waals surface area contributed by atoms with Crippen LogP contribution in [0.4, 0.5) is 5.69 Å². The summed E-state index contributed by atoms with van der Waals surface area (Å²) in [5.41, 5.74) is 1.76. The molecule has 3 aromatic rings. The van der Waals surface area contributed by atoms with Gasteiger partial charge in [-0.1, -0.05) is 23.7 Å². The first-order chi connectivity index (χ1) is 13.0. The number of carbonyl (C=O) groups excluding carboxylic acids is 2. The molecule has 0 unspecified atom stereocenters. The van der Waals surface area contributed by atoms with Crippen molar-refractivity contribution in [2.24, 2.45) is 0 Å². The molecule has 0 saturated carbocycles. The number of nitrogens with one attached hydrogen (secondary N) is 1. The number of fused-ring (bicyclic) bond motifs is 1. The lowest BCUT2D eigenvalue weighted by Gasteiger charge is -2.08. The highest BCUT2D eigenvalue weighted by molar-refractivity contribution is 6.32. The van der Waals surface area contributed by atoms with Crippen LogP contribution >= 0.6 is 11.6 Å². The molecule has 0 fully saturated rings. The van der Waals surface area contributed by atoms with Gasteiger partial charge >= 0.3 is 5.97 Å². The fourth-order valence-electron chi connectivity index (χ4n) is 2.23. The number of oxazole rings is 1. The lowest BCUT2D eigenvalue weighted by molar-refractivity contribution is -0.142. The van der Waals surface area contributed by atoms with Crippen molar-refractivity contribution in [3.63, 3.8) is 0 Å². The number of benzene rings is 2. The third-order valence-electron chi connectivity index (χ3n) is 3.45. The Morgan fingerprint density at radius 3 is 2.81 bits per heavy atom. The summed E-state index contributed by atoms with van der Waals surface area (Å²) >= 11 is 5.98. The monoisotopic (exact) mass is 386 g/mol. The number of rotatable bonds is 6. The molecule has 0 atom stereocenters. The highest BCUT2D eigenvalue weighted by Crippen LogP contribution is 2.27. The highest BCUT2D eigenvalue weighted by Gasteiger charge is 2.08. The van der Waals surface area contributed by atoms with Crippen LogP contribution in [0.1, 0.15) is 5.89 Å². The summed E-state index contributed by atoms with van der Waals surface area (Å²) in [5.74, 6) is -0.434. The van der Waals surface area contributed by atoms with Crippen LogP contribution in [-0.2, 0) is 14.3 Å². The van der Waals surface area contributed by atoms with Gasteiger partial charge in [0.2, 0.25) is 5.89 Å². The predicted molar refractivity (Wildman–Crippen MR) is 101 cm³/mol. The fourth-order valence-corrected chi connectivity index (χ4v) is 2.48. The molecule has 0 saturated heterocycles. The van der Waals surface area contributed by atoms with E-state index in [9.17, 15) is 9.59 Å². The molecule has 1 amide bonds. The van der Waals surface area contributed by atoms with E-state index in [2.05, 4.69) is 10.3 Å². The molecule has 1 N–H and O–H groups in total. The van der Waals surface area contributed by atoms with Crippen LogP contribution in [0.2, 0.25) is 5.02 Å². The maximum atomic E-state index is 11.9. The second kappa shape index (κ2) is 8.37. The van der Waals surface area contributed by atoms with E-state index in [1.54, 1.807) is 24.3 Å². The number of carbonyl (C=O) groups is 2. The van der Waals surface area contributed by atoms with Gasteiger partial charge in [-0.3, -0.25) is 4.79 Å². The molecule has 0 aliphatic carbocycles. The van der Waals surface area contributed by atoms with Crippen molar-refractivity contribution in [3.8, 4) is 5.75 Å². The van der Waals surface area contributed by atoms with E-state index in [1.807, 2.05) is 12.1 Å². The lowest BCUT2D eigenvalue weighted by Crippen LogP contribution is -2.20. The molecule has 8 heteroatoms. The molecule has 0 aliphatic heterocycles. The van der Waals surface area contributed by atoms with Crippen LogP contribution < -0.4 is 10.1 Å². The second-order valence-electron chi connectivity index (χ2n) is 5.36. The molecule has 3 rings (SSSR count). The van der Waals surface area contributed by atoms with Gasteiger partial charge in [-0.05, 0) is 30.3 Å². The van der Waals surface area contributed by atoms with Crippen LogP contribution in [0.25, 0.3) is 17.2 Å². The third-order valence-corrected chi connectivity index (χ3v) is 3.75. The van der Waals surface area contributed by atoms with Gasteiger partial charge < -0.3 is 19.2 Å². The van der Waals surface area contributed by atoms with Crippen molar-refractivity contribution in [2.75, 3.05) is 19.0 Å². The lowest BCUT2D eigenvalue weighted by atomic mass is 10.3. The summed E-state index contributed by atoms with van der Waals surface area (Å²) in [4.78, 5) is 27.8. The number of ether oxygens (including phenoxy) is 2. The zero-order chi connectivity index (χ0) is 19.2. The number of esters is 1. The maximum Gasteiger partial charge on any atom is 0.331 e. The molecule has 1 heterocycles. The number of anilines is 1. The van der Waals surface area contributed by atoms with E-state index < -0.39 is 18.5 Å². The first-order valence-corrected chi connectivity index (χ1v) is 8.27. The van der Waals surface area contributed by atoms with Crippen molar-refractivity contribution >= 4 is 46.3 Å². The molecule has 27 heavy (non-hydrogen) atoms. The number of para-hydroxylation sites is 2. The van der Waals surface area contributed by atoms with Crippen molar-refractivity contribution in [3.05, 3.63) is 59.5 Å². The Labute approximate surface area is 159 Å². The zero-order valence-corrected chi connectivity index (χ0v) is 15.0. The SMILES string of the molecule is COc1ccc(NC(=O)COC(=O)/C=C/c2nc3ccccc3o2)cc1Cl. The quantitative estimate of drug-likeness (QED) is 0.513. The average Bonchev–Trinajstić information content (AvgIpc) is 3.08. The van der Waals surface area contributed by atoms with Crippen molar-refractivity contribution in [1.82, 2.24) is 4.98 Å². The van der Waals surface area contributed by atoms with E-state index in [0.29, 0.717) is 27.6 Å². The summed E-state index contributed by atoms with van der Waals surface area (Å²) in [6, 6.07) is 12.0. The summed E-state index contributed by atoms with van der Waals surface area (Å²) in [7, 11) is 1.49. The molecule has 0 bridgehead atoms. The molecule has 0 spiro atoms. The summed E-state index contributed by atoms with van der Waals surface area (Å²) < 4.78 is 15.4. The average molecular weight is 387 g/mol. The molecule has 2 aromatic carbocycles. The molecule has 0 aliphatic rings. The van der Waals surface area contributed by atoms with Crippen molar-refractivity contribution in [1.29, 1.82) is 0 Å². The van der Waals surface area contributed by atoms with E-state index in [4.69, 9.17) is 25.5 Å². The molecule has 138 valence electrons. The van der Waals surface area contributed by atoms with Gasteiger partial charge in [0, 0.05) is 17.8 Å². The van der Waals surface area contributed by atoms with Gasteiger partial charge in [0.15, 0.2) is 12.2 Å². The van der Waals surface area contributed by atoms with E-state index >= 15 is 0 Å². The number of halogens is 1. The topological polar surface area (TPSA) is 90.7 Å². The summed E-state index contributed by atoms with van der Waals surface area (Å²) in [6.45, 7) is -0.444. The van der Waals surface area contributed by atoms with Crippen molar-refractivity contribution < 1.29 is 23.5 Å². The minimum atomic E-state index is -0.694. The molecular formula is C19H15ClN2O5. The third kappa shape index (κ3) is 4.86. The van der Waals surface area contributed by atoms with Gasteiger partial charge in [0.05, 0.1) is 12.1 Å². The molecular weight excluding hydrogens is 372 g/mol. The van der Waals surface area contributed by atoms with Gasteiger partial charge in [0.25, 0.3) is 5.91 Å². The summed E-state index contributed by atoms with van der Waals surface area (Å²) in [5, 5.41) is 2.92. The predicted octanol–water partition coefficient (Wildman–Crippen LogP) is 3.68. The van der Waals surface area contributed by atoms with E-state index in [0.717, 1.165) is 6.08 Å². The number of methoxy groups -OCH3 is 1. The van der Waals surface area contributed by atoms with Crippen LogP contribution in [-0.4, -0.2) is 30.6 Å². The van der Waals surface area contributed by atoms with Gasteiger partial charge in [0.1, 0.15) is 11.3 Å². The number of hydrogen-bond acceptors (Lipinski definition) is 6. The van der Waals surface area contributed by atoms with Gasteiger partial charge in [-0.15, -0.1) is 0 Å². The van der Waals surface area contributed by atoms with E-state index in [-0.39, 0.29) is 5.89 Å². The Bertz CT molecular complexity index is 979. The Hall–Kier alpha value is -3.32. The minimum Gasteiger partial charge on any atom is -0.495 e. The standard InChI is InChI=1S/C19H15ClN2O5/c1-25-15-7-6-12(10-13(15)20)21-17(23)11-26-19(24)9-8-18-22-14-4-2-3-5-16(14)27-18/h2-10H,11H2,1H3,(H,21,23)/b9-8+. The number of aromatic nitrogens is 1. The largest absolute Gasteiger partial charge is 0.495 e. The van der Waals surface area contributed by atoms with Crippen LogP contribution in [0, 0.1) is 0 Å². The maximum absolute atomic E-state index is 11.9. The van der Waals surface area contributed by atoms with Crippen molar-refractivity contribution in [2.45, 2.75) is 0 Å². The zero-order valence-electron chi connectivity index (χ0n) is 14.3. The number of amides is 1. The van der Waals surface area contributed by atoms with Gasteiger partial charge in [-0.25, -0.2) is 9.78 Å². The molecule has 0 radical (unpaired) electrons. The number of hydrogen-bond donors (Lipinski definition) is 1. The Kier molecular flexibility index (Phi) is 5.73. The minimum absolute atomic E-state index is 0.269. The fraction of sp³-hybridized carbons (Fsp3) is 0.105. The first-order valence-electron chi connectivity index (χ1n) is 7.89. The molecule has 7 nitrogen and oxygen atoms in total. The Morgan fingerprint density at radius 2 is 2.07 bits per heavy atom. The van der Waals surface area contributed by atoms with Crippen LogP contribution in [0.3, 0.4) is 0 Å². The molecule has 1 aromatic heterocycles. The second-order valence-corrected chi connectivity index (χ2v) is 5.77.